The van der Waals surface area contributed by atoms with Crippen molar-refractivity contribution in [3.05, 3.63) is 25.3 Å². The van der Waals surface area contributed by atoms with Crippen molar-refractivity contribution in [2.24, 2.45) is 0 Å². The van der Waals surface area contributed by atoms with Gasteiger partial charge in [0.05, 0.1) is 6.17 Å². The maximum absolute atomic E-state index is 3.76. The Morgan fingerprint density at radius 2 is 1.62 bits per heavy atom. The van der Waals surface area contributed by atoms with Crippen LogP contribution in [0.15, 0.2) is 25.3 Å². The molecule has 0 bridgehead atoms. The molecular formula is C11H22N2. The van der Waals surface area contributed by atoms with Gasteiger partial charge < -0.3 is 0 Å². The summed E-state index contributed by atoms with van der Waals surface area (Å²) in [6.45, 7) is 11.6. The summed E-state index contributed by atoms with van der Waals surface area (Å²) in [5, 5.41) is 0. The van der Waals surface area contributed by atoms with Crippen LogP contribution >= 0.6 is 0 Å². The lowest BCUT2D eigenvalue weighted by Gasteiger charge is -2.34. The minimum Gasteiger partial charge on any atom is -0.294 e. The first kappa shape index (κ1) is 12.4. The maximum Gasteiger partial charge on any atom is 0.0620 e. The van der Waals surface area contributed by atoms with Gasteiger partial charge in [-0.25, -0.2) is 0 Å². The van der Waals surface area contributed by atoms with Gasteiger partial charge >= 0.3 is 0 Å². The molecule has 76 valence electrons. The monoisotopic (exact) mass is 182 g/mol. The van der Waals surface area contributed by atoms with E-state index >= 15 is 0 Å². The third-order valence-electron chi connectivity index (χ3n) is 2.11. The Morgan fingerprint density at radius 1 is 1.15 bits per heavy atom. The van der Waals surface area contributed by atoms with Crippen molar-refractivity contribution in [2.45, 2.75) is 19.5 Å². The van der Waals surface area contributed by atoms with Gasteiger partial charge in [0.1, 0.15) is 0 Å². The van der Waals surface area contributed by atoms with Crippen LogP contribution in [0.4, 0.5) is 0 Å². The lowest BCUT2D eigenvalue weighted by atomic mass is 10.3. The van der Waals surface area contributed by atoms with E-state index in [9.17, 15) is 0 Å². The lowest BCUT2D eigenvalue weighted by molar-refractivity contribution is 0.0977. The van der Waals surface area contributed by atoms with Crippen LogP contribution in [0.5, 0.6) is 0 Å². The van der Waals surface area contributed by atoms with E-state index < -0.39 is 0 Å². The van der Waals surface area contributed by atoms with Gasteiger partial charge in [-0.15, -0.1) is 13.2 Å². The van der Waals surface area contributed by atoms with E-state index in [1.807, 2.05) is 12.2 Å². The molecule has 2 nitrogen and oxygen atoms in total. The summed E-state index contributed by atoms with van der Waals surface area (Å²) >= 11 is 0. The fraction of sp³-hybridized carbons (Fsp3) is 0.636. The molecule has 0 saturated heterocycles. The van der Waals surface area contributed by atoms with Crippen LogP contribution < -0.4 is 0 Å². The largest absolute Gasteiger partial charge is 0.294 e. The van der Waals surface area contributed by atoms with Crippen LogP contribution in [0.1, 0.15) is 13.3 Å². The van der Waals surface area contributed by atoms with Gasteiger partial charge in [-0.2, -0.15) is 0 Å². The molecule has 13 heavy (non-hydrogen) atoms. The topological polar surface area (TPSA) is 6.48 Å². The first-order valence-corrected chi connectivity index (χ1v) is 4.79. The Kier molecular flexibility index (Phi) is 6.55. The summed E-state index contributed by atoms with van der Waals surface area (Å²) in [6, 6.07) is 0. The molecule has 0 spiro atoms. The predicted octanol–water partition coefficient (Wildman–Crippen LogP) is 1.96. The zero-order valence-corrected chi connectivity index (χ0v) is 9.16. The van der Waals surface area contributed by atoms with E-state index in [4.69, 9.17) is 0 Å². The minimum absolute atomic E-state index is 0.482. The molecule has 0 aromatic carbocycles. The highest BCUT2D eigenvalue weighted by Gasteiger charge is 2.15. The smallest absolute Gasteiger partial charge is 0.0620 e. The molecule has 0 aromatic heterocycles. The van der Waals surface area contributed by atoms with Crippen molar-refractivity contribution in [1.82, 2.24) is 9.80 Å². The number of hydrogen-bond donors (Lipinski definition) is 0. The number of nitrogens with zero attached hydrogens (tertiary/aromatic N) is 2. The van der Waals surface area contributed by atoms with E-state index in [2.05, 4.69) is 44.0 Å². The van der Waals surface area contributed by atoms with Crippen molar-refractivity contribution in [2.75, 3.05) is 27.2 Å². The van der Waals surface area contributed by atoms with Crippen molar-refractivity contribution in [3.63, 3.8) is 0 Å². The zero-order valence-electron chi connectivity index (χ0n) is 9.16. The van der Waals surface area contributed by atoms with Gasteiger partial charge in [0, 0.05) is 13.1 Å². The molecule has 0 N–H and O–H groups in total. The Balaban J connectivity index is 4.27. The fourth-order valence-electron chi connectivity index (χ4n) is 1.60. The normalized spacial score (nSPS) is 13.3. The molecule has 0 aromatic rings. The van der Waals surface area contributed by atoms with Crippen LogP contribution in [-0.2, 0) is 0 Å². The SMILES string of the molecule is C=CCN(CC=C)C(CC)N(C)C. The molecule has 0 heterocycles. The molecule has 1 unspecified atom stereocenters. The second kappa shape index (κ2) is 6.87. The van der Waals surface area contributed by atoms with Crippen LogP contribution in [0, 0.1) is 0 Å². The molecule has 1 atom stereocenters. The zero-order chi connectivity index (χ0) is 10.3. The van der Waals surface area contributed by atoms with E-state index in [1.54, 1.807) is 0 Å². The summed E-state index contributed by atoms with van der Waals surface area (Å²) in [6.07, 6.45) is 5.48. The standard InChI is InChI=1S/C11H22N2/c1-6-9-13(10-7-2)11(8-3)12(4)5/h6-7,11H,1-2,8-10H2,3-5H3. The fourth-order valence-corrected chi connectivity index (χ4v) is 1.60. The second-order valence-corrected chi connectivity index (χ2v) is 3.38. The predicted molar refractivity (Wildman–Crippen MR) is 59.7 cm³/mol. The summed E-state index contributed by atoms with van der Waals surface area (Å²) in [5.74, 6) is 0. The Hall–Kier alpha value is -0.600. The van der Waals surface area contributed by atoms with Gasteiger partial charge in [0.2, 0.25) is 0 Å². The molecule has 0 saturated carbocycles. The first-order chi connectivity index (χ1) is 6.17. The van der Waals surface area contributed by atoms with Gasteiger partial charge in [0.15, 0.2) is 0 Å². The lowest BCUT2D eigenvalue weighted by Crippen LogP contribution is -2.44. The number of hydrogen-bond acceptors (Lipinski definition) is 2. The average Bonchev–Trinajstić information content (AvgIpc) is 2.05. The molecule has 2 heteroatoms. The van der Waals surface area contributed by atoms with Crippen molar-refractivity contribution < 1.29 is 0 Å². The van der Waals surface area contributed by atoms with Crippen LogP contribution in [0.3, 0.4) is 0 Å². The highest BCUT2D eigenvalue weighted by Crippen LogP contribution is 2.06. The molecule has 0 fully saturated rings. The van der Waals surface area contributed by atoms with Crippen molar-refractivity contribution in [1.29, 1.82) is 0 Å². The average molecular weight is 182 g/mol. The summed E-state index contributed by atoms with van der Waals surface area (Å²) in [7, 11) is 4.21. The van der Waals surface area contributed by atoms with Crippen molar-refractivity contribution in [3.8, 4) is 0 Å². The third-order valence-corrected chi connectivity index (χ3v) is 2.11. The van der Waals surface area contributed by atoms with E-state index in [-0.39, 0.29) is 0 Å². The maximum atomic E-state index is 3.76. The molecule has 0 radical (unpaired) electrons. The molecule has 0 aliphatic carbocycles. The minimum atomic E-state index is 0.482. The Labute approximate surface area is 82.5 Å². The Bertz CT molecular complexity index is 142. The molecule has 0 rings (SSSR count). The highest BCUT2D eigenvalue weighted by molar-refractivity contribution is 4.83. The van der Waals surface area contributed by atoms with Crippen LogP contribution in [-0.4, -0.2) is 43.2 Å². The number of rotatable bonds is 7. The van der Waals surface area contributed by atoms with Gasteiger partial charge in [-0.05, 0) is 20.5 Å². The van der Waals surface area contributed by atoms with Gasteiger partial charge in [-0.3, -0.25) is 9.80 Å². The Morgan fingerprint density at radius 3 is 1.85 bits per heavy atom. The van der Waals surface area contributed by atoms with E-state index in [0.717, 1.165) is 19.5 Å². The quantitative estimate of drug-likeness (QED) is 0.438. The highest BCUT2D eigenvalue weighted by atomic mass is 15.3. The van der Waals surface area contributed by atoms with Crippen molar-refractivity contribution >= 4 is 0 Å². The first-order valence-electron chi connectivity index (χ1n) is 4.79. The van der Waals surface area contributed by atoms with E-state index in [0.29, 0.717) is 6.17 Å². The van der Waals surface area contributed by atoms with Gasteiger partial charge in [0.25, 0.3) is 0 Å². The molecular weight excluding hydrogens is 160 g/mol. The summed E-state index contributed by atoms with van der Waals surface area (Å²) in [5.41, 5.74) is 0. The second-order valence-electron chi connectivity index (χ2n) is 3.38. The van der Waals surface area contributed by atoms with Crippen LogP contribution in [0.2, 0.25) is 0 Å². The van der Waals surface area contributed by atoms with E-state index in [1.165, 1.54) is 0 Å². The summed E-state index contributed by atoms with van der Waals surface area (Å²) in [4.78, 5) is 4.58. The van der Waals surface area contributed by atoms with Gasteiger partial charge in [-0.1, -0.05) is 19.1 Å². The molecule has 0 aliphatic heterocycles. The molecule has 0 aliphatic rings. The summed E-state index contributed by atoms with van der Waals surface area (Å²) < 4.78 is 0. The third kappa shape index (κ3) is 4.25. The molecule has 0 amide bonds. The van der Waals surface area contributed by atoms with Crippen LogP contribution in [0.25, 0.3) is 0 Å².